The summed E-state index contributed by atoms with van der Waals surface area (Å²) >= 11 is 0. The minimum Gasteiger partial charge on any atom is -0.449 e. The van der Waals surface area contributed by atoms with E-state index in [1.165, 1.54) is 19.2 Å². The highest BCUT2D eigenvalue weighted by Gasteiger charge is 2.35. The predicted molar refractivity (Wildman–Crippen MR) is 62.6 cm³/mol. The van der Waals surface area contributed by atoms with E-state index in [2.05, 4.69) is 4.72 Å². The number of hydrogen-bond acceptors (Lipinski definition) is 4. The number of fused-ring (bicyclic) bond motifs is 1. The molecule has 2 rings (SSSR count). The number of benzene rings is 1. The average molecular weight is 257 g/mol. The molecule has 1 unspecified atom stereocenters. The van der Waals surface area contributed by atoms with E-state index >= 15 is 0 Å². The zero-order valence-corrected chi connectivity index (χ0v) is 10.8. The van der Waals surface area contributed by atoms with Gasteiger partial charge in [0.2, 0.25) is 15.8 Å². The van der Waals surface area contributed by atoms with Crippen LogP contribution in [-0.4, -0.2) is 21.3 Å². The number of hydrogen-bond donors (Lipinski definition) is 1. The molecule has 1 N–H and O–H groups in total. The van der Waals surface area contributed by atoms with Gasteiger partial charge in [-0.05, 0) is 19.2 Å². The topological polar surface area (TPSA) is 64.6 Å². The van der Waals surface area contributed by atoms with Gasteiger partial charge in [0, 0.05) is 19.4 Å². The molecule has 6 heteroatoms. The Labute approximate surface area is 101 Å². The highest BCUT2D eigenvalue weighted by Crippen LogP contribution is 2.41. The Hall–Kier alpha value is -1.27. The van der Waals surface area contributed by atoms with Gasteiger partial charge < -0.3 is 9.47 Å². The van der Waals surface area contributed by atoms with Gasteiger partial charge in [-0.15, -0.1) is 0 Å². The fourth-order valence-corrected chi connectivity index (χ4v) is 2.31. The van der Waals surface area contributed by atoms with Gasteiger partial charge in [0.15, 0.2) is 11.5 Å². The van der Waals surface area contributed by atoms with Crippen molar-refractivity contribution in [3.8, 4) is 11.5 Å². The first-order valence-electron chi connectivity index (χ1n) is 5.36. The van der Waals surface area contributed by atoms with E-state index in [4.69, 9.17) is 9.47 Å². The summed E-state index contributed by atoms with van der Waals surface area (Å²) in [4.78, 5) is 0.169. The molecule has 1 aliphatic rings. The molecular weight excluding hydrogens is 242 g/mol. The van der Waals surface area contributed by atoms with E-state index < -0.39 is 15.8 Å². The maximum Gasteiger partial charge on any atom is 0.248 e. The van der Waals surface area contributed by atoms with Gasteiger partial charge in [0.25, 0.3) is 0 Å². The van der Waals surface area contributed by atoms with Crippen LogP contribution in [0.5, 0.6) is 11.5 Å². The van der Waals surface area contributed by atoms with Gasteiger partial charge in [0.05, 0.1) is 4.90 Å². The third-order valence-corrected chi connectivity index (χ3v) is 4.20. The highest BCUT2D eigenvalue weighted by molar-refractivity contribution is 7.89. The van der Waals surface area contributed by atoms with E-state index in [1.54, 1.807) is 6.07 Å². The molecule has 0 saturated carbocycles. The summed E-state index contributed by atoms with van der Waals surface area (Å²) in [7, 11) is -2.08. The molecule has 0 radical (unpaired) electrons. The van der Waals surface area contributed by atoms with Crippen molar-refractivity contribution in [1.29, 1.82) is 0 Å². The molecule has 0 bridgehead atoms. The Morgan fingerprint density at radius 2 is 1.94 bits per heavy atom. The van der Waals surface area contributed by atoms with Crippen LogP contribution < -0.4 is 14.2 Å². The zero-order chi connectivity index (χ0) is 12.7. The smallest absolute Gasteiger partial charge is 0.248 e. The maximum absolute atomic E-state index is 11.6. The van der Waals surface area contributed by atoms with Gasteiger partial charge in [-0.3, -0.25) is 0 Å². The fraction of sp³-hybridized carbons (Fsp3) is 0.455. The van der Waals surface area contributed by atoms with Crippen molar-refractivity contribution in [3.05, 3.63) is 18.2 Å². The zero-order valence-electron chi connectivity index (χ0n) is 9.98. The Kier molecular flexibility index (Phi) is 2.79. The largest absolute Gasteiger partial charge is 0.449 e. The first-order valence-corrected chi connectivity index (χ1v) is 6.84. The molecule has 1 aromatic carbocycles. The van der Waals surface area contributed by atoms with Crippen LogP contribution in [0.4, 0.5) is 0 Å². The van der Waals surface area contributed by atoms with Crippen LogP contribution in [0.2, 0.25) is 0 Å². The highest BCUT2D eigenvalue weighted by atomic mass is 32.2. The Morgan fingerprint density at radius 1 is 1.29 bits per heavy atom. The first-order chi connectivity index (χ1) is 7.90. The summed E-state index contributed by atoms with van der Waals surface area (Å²) in [5, 5.41) is 0. The molecule has 94 valence electrons. The Morgan fingerprint density at radius 3 is 2.53 bits per heavy atom. The lowest BCUT2D eigenvalue weighted by atomic mass is 10.2. The SMILES string of the molecule is CCC1(C)Oc2ccc(S(=O)(=O)NC)cc2O1. The molecule has 1 heterocycles. The Bertz CT molecular complexity index is 540. The molecular formula is C11H15NO4S. The van der Waals surface area contributed by atoms with Crippen molar-refractivity contribution in [1.82, 2.24) is 4.72 Å². The summed E-state index contributed by atoms with van der Waals surface area (Å²) in [6.45, 7) is 3.76. The molecule has 1 aliphatic heterocycles. The van der Waals surface area contributed by atoms with E-state index in [0.717, 1.165) is 0 Å². The second-order valence-corrected chi connectivity index (χ2v) is 5.89. The van der Waals surface area contributed by atoms with Crippen molar-refractivity contribution in [2.45, 2.75) is 31.0 Å². The fourth-order valence-electron chi connectivity index (χ4n) is 1.57. The van der Waals surface area contributed by atoms with Crippen LogP contribution in [0.15, 0.2) is 23.1 Å². The van der Waals surface area contributed by atoms with Crippen molar-refractivity contribution in [2.75, 3.05) is 7.05 Å². The maximum atomic E-state index is 11.6. The van der Waals surface area contributed by atoms with Crippen LogP contribution in [0.1, 0.15) is 20.3 Å². The lowest BCUT2D eigenvalue weighted by Crippen LogP contribution is -2.33. The third-order valence-electron chi connectivity index (χ3n) is 2.79. The molecule has 17 heavy (non-hydrogen) atoms. The summed E-state index contributed by atoms with van der Waals surface area (Å²) in [6, 6.07) is 4.58. The molecule has 0 spiro atoms. The van der Waals surface area contributed by atoms with Gasteiger partial charge in [-0.25, -0.2) is 13.1 Å². The van der Waals surface area contributed by atoms with Crippen molar-refractivity contribution >= 4 is 10.0 Å². The molecule has 5 nitrogen and oxygen atoms in total. The number of ether oxygens (including phenoxy) is 2. The predicted octanol–water partition coefficient (Wildman–Crippen LogP) is 1.49. The molecule has 0 aliphatic carbocycles. The van der Waals surface area contributed by atoms with Crippen LogP contribution in [0.3, 0.4) is 0 Å². The van der Waals surface area contributed by atoms with Crippen LogP contribution >= 0.6 is 0 Å². The second-order valence-electron chi connectivity index (χ2n) is 4.01. The van der Waals surface area contributed by atoms with E-state index in [0.29, 0.717) is 17.9 Å². The number of rotatable bonds is 3. The van der Waals surface area contributed by atoms with Crippen LogP contribution in [0, 0.1) is 0 Å². The molecule has 0 aromatic heterocycles. The van der Waals surface area contributed by atoms with Gasteiger partial charge in [-0.1, -0.05) is 6.92 Å². The lowest BCUT2D eigenvalue weighted by molar-refractivity contribution is -0.0640. The summed E-state index contributed by atoms with van der Waals surface area (Å²) in [5.74, 6) is 0.333. The first kappa shape index (κ1) is 12.2. The Balaban J connectivity index is 2.40. The summed E-state index contributed by atoms with van der Waals surface area (Å²) in [6.07, 6.45) is 0.676. The van der Waals surface area contributed by atoms with Crippen molar-refractivity contribution in [3.63, 3.8) is 0 Å². The lowest BCUT2D eigenvalue weighted by Gasteiger charge is -2.20. The number of nitrogens with one attached hydrogen (secondary N) is 1. The van der Waals surface area contributed by atoms with Gasteiger partial charge in [0.1, 0.15) is 0 Å². The second kappa shape index (κ2) is 3.89. The quantitative estimate of drug-likeness (QED) is 0.891. The van der Waals surface area contributed by atoms with Crippen molar-refractivity contribution < 1.29 is 17.9 Å². The molecule has 1 atom stereocenters. The standard InChI is InChI=1S/C11H15NO4S/c1-4-11(2)15-9-6-5-8(7-10(9)16-11)17(13,14)12-3/h5-7,12H,4H2,1-3H3. The average Bonchev–Trinajstić information content (AvgIpc) is 2.65. The van der Waals surface area contributed by atoms with E-state index in [1.807, 2.05) is 13.8 Å². The summed E-state index contributed by atoms with van der Waals surface area (Å²) < 4.78 is 36.7. The minimum atomic E-state index is -3.45. The van der Waals surface area contributed by atoms with E-state index in [-0.39, 0.29) is 4.90 Å². The van der Waals surface area contributed by atoms with Crippen LogP contribution in [-0.2, 0) is 10.0 Å². The van der Waals surface area contributed by atoms with E-state index in [9.17, 15) is 8.42 Å². The summed E-state index contributed by atoms with van der Waals surface area (Å²) in [5.41, 5.74) is 0. The monoisotopic (exact) mass is 257 g/mol. The normalized spacial score (nSPS) is 22.8. The minimum absolute atomic E-state index is 0.169. The van der Waals surface area contributed by atoms with Gasteiger partial charge >= 0.3 is 0 Å². The molecule has 0 fully saturated rings. The number of sulfonamides is 1. The van der Waals surface area contributed by atoms with Crippen LogP contribution in [0.25, 0.3) is 0 Å². The van der Waals surface area contributed by atoms with Gasteiger partial charge in [-0.2, -0.15) is 0 Å². The third kappa shape index (κ3) is 2.10. The molecule has 0 saturated heterocycles. The molecule has 0 amide bonds. The molecule has 1 aromatic rings. The van der Waals surface area contributed by atoms with Crippen molar-refractivity contribution in [2.24, 2.45) is 0 Å².